The number of primary amides is 1. The normalized spacial score (nSPS) is 11.2. The molecule has 6 heteroatoms. The van der Waals surface area contributed by atoms with Crippen LogP contribution in [0.15, 0.2) is 42.7 Å². The molecule has 0 spiro atoms. The van der Waals surface area contributed by atoms with Gasteiger partial charge in [-0.2, -0.15) is 0 Å². The van der Waals surface area contributed by atoms with Gasteiger partial charge in [0.05, 0.1) is 16.6 Å². The number of para-hydroxylation sites is 1. The van der Waals surface area contributed by atoms with E-state index >= 15 is 0 Å². The highest BCUT2D eigenvalue weighted by Crippen LogP contribution is 2.38. The zero-order valence-electron chi connectivity index (χ0n) is 12.5. The monoisotopic (exact) mass is 305 g/mol. The molecule has 2 heterocycles. The molecule has 2 aromatic heterocycles. The first-order valence-corrected chi connectivity index (χ1v) is 7.25. The van der Waals surface area contributed by atoms with Crippen LogP contribution in [0.1, 0.15) is 10.4 Å². The maximum absolute atomic E-state index is 12.2. The number of benzene rings is 2. The predicted molar refractivity (Wildman–Crippen MR) is 91.5 cm³/mol. The fraction of sp³-hybridized carbons (Fsp3) is 0.0588. The van der Waals surface area contributed by atoms with Crippen LogP contribution in [0.2, 0.25) is 0 Å². The number of anilines is 1. The van der Waals surface area contributed by atoms with Crippen LogP contribution >= 0.6 is 0 Å². The third-order valence-electron chi connectivity index (χ3n) is 4.06. The number of hydrogen-bond donors (Lipinski definition) is 4. The van der Waals surface area contributed by atoms with Crippen molar-refractivity contribution in [2.45, 2.75) is 0 Å². The number of amides is 1. The summed E-state index contributed by atoms with van der Waals surface area (Å²) in [5, 5.41) is 5.15. The van der Waals surface area contributed by atoms with Gasteiger partial charge in [0.25, 0.3) is 5.91 Å². The SMILES string of the molecule is CNc1cc2c([nH]c3ccccc32)c(C(N)=O)c1-c1ncc[nH]1. The molecule has 114 valence electrons. The van der Waals surface area contributed by atoms with Gasteiger partial charge < -0.3 is 21.0 Å². The minimum Gasteiger partial charge on any atom is -0.387 e. The molecular formula is C17H15N5O. The molecule has 4 aromatic rings. The lowest BCUT2D eigenvalue weighted by Gasteiger charge is -2.12. The molecule has 23 heavy (non-hydrogen) atoms. The summed E-state index contributed by atoms with van der Waals surface area (Å²) in [6, 6.07) is 9.93. The molecule has 0 aliphatic heterocycles. The molecule has 1 amide bonds. The van der Waals surface area contributed by atoms with E-state index in [-0.39, 0.29) is 0 Å². The minimum atomic E-state index is -0.495. The zero-order chi connectivity index (χ0) is 16.0. The lowest BCUT2D eigenvalue weighted by Crippen LogP contribution is -2.14. The number of nitrogens with two attached hydrogens (primary N) is 1. The van der Waals surface area contributed by atoms with Gasteiger partial charge in [-0.1, -0.05) is 18.2 Å². The summed E-state index contributed by atoms with van der Waals surface area (Å²) in [5.41, 5.74) is 9.29. The van der Waals surface area contributed by atoms with Crippen molar-refractivity contribution < 1.29 is 4.79 Å². The Morgan fingerprint density at radius 2 is 2.09 bits per heavy atom. The Morgan fingerprint density at radius 1 is 1.26 bits per heavy atom. The molecule has 0 aliphatic carbocycles. The van der Waals surface area contributed by atoms with Crippen LogP contribution in [-0.4, -0.2) is 27.9 Å². The summed E-state index contributed by atoms with van der Waals surface area (Å²) in [6.45, 7) is 0. The Morgan fingerprint density at radius 3 is 2.78 bits per heavy atom. The van der Waals surface area contributed by atoms with Crippen molar-refractivity contribution in [1.29, 1.82) is 0 Å². The van der Waals surface area contributed by atoms with Gasteiger partial charge in [-0.05, 0) is 12.1 Å². The third-order valence-corrected chi connectivity index (χ3v) is 4.06. The molecule has 0 saturated heterocycles. The lowest BCUT2D eigenvalue weighted by atomic mass is 9.99. The van der Waals surface area contributed by atoms with E-state index in [2.05, 4.69) is 20.3 Å². The number of H-pyrrole nitrogens is 2. The van der Waals surface area contributed by atoms with Crippen LogP contribution in [0.4, 0.5) is 5.69 Å². The standard InChI is InChI=1S/C17H15N5O/c1-19-12-8-10-9-4-2-3-5-11(9)22-15(10)14(16(18)23)13(12)17-20-6-7-21-17/h2-8,19,22H,1H3,(H2,18,23)(H,20,21). The van der Waals surface area contributed by atoms with Gasteiger partial charge in [-0.15, -0.1) is 0 Å². The number of nitrogens with one attached hydrogen (secondary N) is 3. The van der Waals surface area contributed by atoms with Crippen molar-refractivity contribution in [2.75, 3.05) is 12.4 Å². The summed E-state index contributed by atoms with van der Waals surface area (Å²) >= 11 is 0. The summed E-state index contributed by atoms with van der Waals surface area (Å²) < 4.78 is 0. The number of aromatic amines is 2. The van der Waals surface area contributed by atoms with Gasteiger partial charge >= 0.3 is 0 Å². The summed E-state index contributed by atoms with van der Waals surface area (Å²) in [7, 11) is 1.81. The summed E-state index contributed by atoms with van der Waals surface area (Å²) in [6.07, 6.45) is 3.36. The first-order chi connectivity index (χ1) is 11.2. The van der Waals surface area contributed by atoms with Crippen molar-refractivity contribution in [3.8, 4) is 11.4 Å². The fourth-order valence-corrected chi connectivity index (χ4v) is 3.08. The van der Waals surface area contributed by atoms with Crippen LogP contribution in [0, 0.1) is 0 Å². The first kappa shape index (κ1) is 13.4. The van der Waals surface area contributed by atoms with Gasteiger partial charge in [-0.3, -0.25) is 4.79 Å². The number of carbonyl (C=O) groups is 1. The van der Waals surface area contributed by atoms with Crippen LogP contribution in [0.5, 0.6) is 0 Å². The number of carbonyl (C=O) groups excluding carboxylic acids is 1. The third kappa shape index (κ3) is 1.88. The molecule has 6 nitrogen and oxygen atoms in total. The number of rotatable bonds is 3. The number of imidazole rings is 1. The Kier molecular flexibility index (Phi) is 2.84. The molecule has 0 bridgehead atoms. The van der Waals surface area contributed by atoms with Crippen LogP contribution in [0.3, 0.4) is 0 Å². The van der Waals surface area contributed by atoms with E-state index in [1.165, 1.54) is 0 Å². The number of hydrogen-bond acceptors (Lipinski definition) is 3. The number of nitrogens with zero attached hydrogens (tertiary/aromatic N) is 1. The molecular weight excluding hydrogens is 290 g/mol. The van der Waals surface area contributed by atoms with E-state index in [1.807, 2.05) is 37.4 Å². The molecule has 4 rings (SSSR count). The largest absolute Gasteiger partial charge is 0.387 e. The predicted octanol–water partition coefficient (Wildman–Crippen LogP) is 2.85. The smallest absolute Gasteiger partial charge is 0.251 e. The maximum Gasteiger partial charge on any atom is 0.251 e. The molecule has 5 N–H and O–H groups in total. The van der Waals surface area contributed by atoms with Gasteiger partial charge in [0.1, 0.15) is 5.82 Å². The lowest BCUT2D eigenvalue weighted by molar-refractivity contribution is 0.100. The van der Waals surface area contributed by atoms with Crippen LogP contribution in [-0.2, 0) is 0 Å². The van der Waals surface area contributed by atoms with Gasteiger partial charge in [0, 0.05) is 41.4 Å². The molecule has 0 aliphatic rings. The zero-order valence-corrected chi connectivity index (χ0v) is 12.5. The van der Waals surface area contributed by atoms with Crippen molar-refractivity contribution in [2.24, 2.45) is 5.73 Å². The Labute approximate surface area is 131 Å². The van der Waals surface area contributed by atoms with Crippen molar-refractivity contribution in [1.82, 2.24) is 15.0 Å². The number of aromatic nitrogens is 3. The van der Waals surface area contributed by atoms with E-state index in [1.54, 1.807) is 12.4 Å². The van der Waals surface area contributed by atoms with Crippen molar-refractivity contribution in [3.63, 3.8) is 0 Å². The number of fused-ring (bicyclic) bond motifs is 3. The summed E-state index contributed by atoms with van der Waals surface area (Å²) in [4.78, 5) is 22.9. The van der Waals surface area contributed by atoms with Gasteiger partial charge in [0.15, 0.2) is 0 Å². The molecule has 0 fully saturated rings. The average Bonchev–Trinajstić information content (AvgIpc) is 3.20. The van der Waals surface area contributed by atoms with Crippen LogP contribution < -0.4 is 11.1 Å². The van der Waals surface area contributed by atoms with Crippen molar-refractivity contribution >= 4 is 33.4 Å². The second-order valence-corrected chi connectivity index (χ2v) is 5.32. The average molecular weight is 305 g/mol. The fourth-order valence-electron chi connectivity index (χ4n) is 3.08. The van der Waals surface area contributed by atoms with E-state index in [4.69, 9.17) is 5.73 Å². The second kappa shape index (κ2) is 4.88. The first-order valence-electron chi connectivity index (χ1n) is 7.25. The molecule has 0 radical (unpaired) electrons. The Balaban J connectivity index is 2.22. The Hall–Kier alpha value is -3.28. The quantitative estimate of drug-likeness (QED) is 0.468. The topological polar surface area (TPSA) is 99.6 Å². The molecule has 0 unspecified atom stereocenters. The minimum absolute atomic E-state index is 0.429. The van der Waals surface area contributed by atoms with E-state index < -0.39 is 5.91 Å². The van der Waals surface area contributed by atoms with E-state index in [0.717, 1.165) is 27.5 Å². The van der Waals surface area contributed by atoms with Gasteiger partial charge in [0.2, 0.25) is 0 Å². The summed E-state index contributed by atoms with van der Waals surface area (Å²) in [5.74, 6) is 0.105. The Bertz CT molecular complexity index is 1030. The highest BCUT2D eigenvalue weighted by Gasteiger charge is 2.22. The van der Waals surface area contributed by atoms with E-state index in [9.17, 15) is 4.79 Å². The van der Waals surface area contributed by atoms with Crippen molar-refractivity contribution in [3.05, 3.63) is 48.3 Å². The second-order valence-electron chi connectivity index (χ2n) is 5.32. The molecule has 0 saturated carbocycles. The van der Waals surface area contributed by atoms with E-state index in [0.29, 0.717) is 17.0 Å². The van der Waals surface area contributed by atoms with Crippen LogP contribution in [0.25, 0.3) is 33.2 Å². The molecule has 0 atom stereocenters. The maximum atomic E-state index is 12.2. The van der Waals surface area contributed by atoms with Gasteiger partial charge in [-0.25, -0.2) is 4.98 Å². The molecule has 2 aromatic carbocycles. The highest BCUT2D eigenvalue weighted by molar-refractivity contribution is 6.19. The highest BCUT2D eigenvalue weighted by atomic mass is 16.1.